The van der Waals surface area contributed by atoms with E-state index in [9.17, 15) is 18.9 Å². The molecule has 0 aliphatic heterocycles. The van der Waals surface area contributed by atoms with E-state index in [0.717, 1.165) is 7.11 Å². The molecule has 0 spiro atoms. The lowest BCUT2D eigenvalue weighted by Crippen LogP contribution is -2.32. The highest BCUT2D eigenvalue weighted by atomic mass is 32.1. The molecule has 0 aromatic rings. The van der Waals surface area contributed by atoms with E-state index < -0.39 is 38.9 Å². The third-order valence-electron chi connectivity index (χ3n) is 3.67. The monoisotopic (exact) mass is 388 g/mol. The van der Waals surface area contributed by atoms with E-state index in [-0.39, 0.29) is 18.5 Å². The van der Waals surface area contributed by atoms with Crippen LogP contribution in [-0.4, -0.2) is 55.7 Å². The number of thiol groups is 1. The summed E-state index contributed by atoms with van der Waals surface area (Å²) in [4.78, 5) is 19.3. The first-order valence-corrected chi connectivity index (χ1v) is 10.8. The minimum absolute atomic E-state index is 0.114. The molecule has 0 bridgehead atoms. The zero-order valence-electron chi connectivity index (χ0n) is 13.3. The van der Waals surface area contributed by atoms with Crippen LogP contribution in [0.4, 0.5) is 0 Å². The van der Waals surface area contributed by atoms with Crippen molar-refractivity contribution in [1.82, 2.24) is 0 Å². The van der Waals surface area contributed by atoms with Gasteiger partial charge in [-0.05, 0) is 25.1 Å². The molecular formula is C11H23BO8P2S. The van der Waals surface area contributed by atoms with Crippen LogP contribution in [0.15, 0.2) is 0 Å². The molecule has 0 heterocycles. The minimum atomic E-state index is -4.36. The zero-order chi connectivity index (χ0) is 17.8. The van der Waals surface area contributed by atoms with E-state index in [1.54, 1.807) is 0 Å². The average Bonchev–Trinajstić information content (AvgIpc) is 2.70. The Morgan fingerprint density at radius 1 is 1.30 bits per heavy atom. The topological polar surface area (TPSA) is 112 Å². The van der Waals surface area contributed by atoms with Gasteiger partial charge in [-0.3, -0.25) is 13.6 Å². The van der Waals surface area contributed by atoms with Gasteiger partial charge in [0, 0.05) is 14.2 Å². The van der Waals surface area contributed by atoms with Crippen LogP contribution in [-0.2, 0) is 27.4 Å². The fraction of sp³-hybridized carbons (Fsp3) is 1.00. The van der Waals surface area contributed by atoms with Crippen molar-refractivity contribution >= 4 is 35.9 Å². The molecule has 3 unspecified atom stereocenters. The molecule has 0 aromatic carbocycles. The predicted molar refractivity (Wildman–Crippen MR) is 89.0 cm³/mol. The number of phosphoric ester groups is 1. The second kappa shape index (κ2) is 8.83. The zero-order valence-corrected chi connectivity index (χ0v) is 16.0. The Balaban J connectivity index is 2.83. The van der Waals surface area contributed by atoms with Crippen LogP contribution in [0.5, 0.6) is 0 Å². The smallest absolute Gasteiger partial charge is 0.379 e. The molecule has 23 heavy (non-hydrogen) atoms. The van der Waals surface area contributed by atoms with E-state index in [1.807, 2.05) is 0 Å². The van der Waals surface area contributed by atoms with Crippen molar-refractivity contribution in [3.05, 3.63) is 0 Å². The minimum Gasteiger partial charge on any atom is -0.379 e. The Labute approximate surface area is 143 Å². The third kappa shape index (κ3) is 6.80. The molecule has 0 saturated heterocycles. The second-order valence-electron chi connectivity index (χ2n) is 5.44. The summed E-state index contributed by atoms with van der Waals surface area (Å²) < 4.78 is 43.4. The maximum atomic E-state index is 12.0. The summed E-state index contributed by atoms with van der Waals surface area (Å²) in [5.41, 5.74) is -0.800. The molecule has 8 nitrogen and oxygen atoms in total. The Bertz CT molecular complexity index is 479. The van der Waals surface area contributed by atoms with Crippen LogP contribution in [0.25, 0.3) is 0 Å². The molecule has 1 saturated carbocycles. The maximum absolute atomic E-state index is 12.0. The molecule has 2 radical (unpaired) electrons. The van der Waals surface area contributed by atoms with Gasteiger partial charge in [0.1, 0.15) is 5.44 Å². The van der Waals surface area contributed by atoms with Crippen LogP contribution >= 0.6 is 28.0 Å². The number of methoxy groups -OCH3 is 1. The highest BCUT2D eigenvalue weighted by Crippen LogP contribution is 2.53. The van der Waals surface area contributed by atoms with Gasteiger partial charge in [0.25, 0.3) is 0 Å². The fourth-order valence-corrected chi connectivity index (χ4v) is 4.89. The molecule has 1 fully saturated rings. The first-order valence-electron chi connectivity index (χ1n) is 7.05. The van der Waals surface area contributed by atoms with Crippen molar-refractivity contribution in [2.24, 2.45) is 5.92 Å². The summed E-state index contributed by atoms with van der Waals surface area (Å²) >= 11 is 3.89. The number of hydrogen-bond acceptors (Lipinski definition) is 7. The van der Waals surface area contributed by atoms with Gasteiger partial charge in [0.2, 0.25) is 0 Å². The highest BCUT2D eigenvalue weighted by molar-refractivity contribution is 7.81. The standard InChI is InChI=1S/C11H23BO8P2S/c1-7(23)19-22(15,16)20-10-8(4-5-21(13,14)18-3)6-9(12)11(10)17-2/h7-11,23H,4-6H2,1-3H3,(H,13,14)(H,15,16)/t7-,8-,9?,10+,11-/m0/s1. The summed E-state index contributed by atoms with van der Waals surface area (Å²) in [5.74, 6) is -0.770. The van der Waals surface area contributed by atoms with Crippen LogP contribution in [0.3, 0.4) is 0 Å². The number of phosphoric acid groups is 1. The maximum Gasteiger partial charge on any atom is 0.473 e. The Morgan fingerprint density at radius 2 is 1.91 bits per heavy atom. The molecule has 134 valence electrons. The summed E-state index contributed by atoms with van der Waals surface area (Å²) in [6.07, 6.45) is -0.925. The number of hydrogen-bond donors (Lipinski definition) is 3. The molecule has 12 heteroatoms. The average molecular weight is 388 g/mol. The molecule has 1 aliphatic carbocycles. The van der Waals surface area contributed by atoms with Crippen LogP contribution in [0.1, 0.15) is 19.8 Å². The molecule has 2 N–H and O–H groups in total. The lowest BCUT2D eigenvalue weighted by molar-refractivity contribution is -0.0139. The van der Waals surface area contributed by atoms with Crippen molar-refractivity contribution in [1.29, 1.82) is 0 Å². The Morgan fingerprint density at radius 3 is 2.39 bits per heavy atom. The first-order chi connectivity index (χ1) is 10.5. The van der Waals surface area contributed by atoms with Crippen LogP contribution in [0.2, 0.25) is 5.82 Å². The molecular weight excluding hydrogens is 365 g/mol. The summed E-state index contributed by atoms with van der Waals surface area (Å²) in [6, 6.07) is 0. The molecule has 0 amide bonds. The van der Waals surface area contributed by atoms with E-state index >= 15 is 0 Å². The highest BCUT2D eigenvalue weighted by Gasteiger charge is 2.46. The van der Waals surface area contributed by atoms with Crippen molar-refractivity contribution in [3.63, 3.8) is 0 Å². The van der Waals surface area contributed by atoms with Crippen molar-refractivity contribution in [2.75, 3.05) is 20.4 Å². The number of rotatable bonds is 9. The largest absolute Gasteiger partial charge is 0.473 e. The Kier molecular flexibility index (Phi) is 8.32. The summed E-state index contributed by atoms with van der Waals surface area (Å²) in [5, 5.41) is 0. The third-order valence-corrected chi connectivity index (χ3v) is 6.42. The van der Waals surface area contributed by atoms with Crippen molar-refractivity contribution in [2.45, 2.75) is 43.2 Å². The van der Waals surface area contributed by atoms with Crippen LogP contribution < -0.4 is 0 Å². The second-order valence-corrected chi connectivity index (χ2v) is 9.61. The predicted octanol–water partition coefficient (Wildman–Crippen LogP) is 1.98. The molecule has 7 atom stereocenters. The van der Waals surface area contributed by atoms with Gasteiger partial charge in [-0.15, -0.1) is 12.6 Å². The Hall–Kier alpha value is 0.635. The van der Waals surface area contributed by atoms with E-state index in [4.69, 9.17) is 21.6 Å². The SMILES string of the molecule is [B]C1C[C@H](CCP(=O)(O)OC)[C@@H](OP(=O)(O)O[C@H](C)S)[C@H]1OC. The summed E-state index contributed by atoms with van der Waals surface area (Å²) in [6.45, 7) is 1.47. The van der Waals surface area contributed by atoms with Gasteiger partial charge in [-0.2, -0.15) is 0 Å². The summed E-state index contributed by atoms with van der Waals surface area (Å²) in [7, 11) is 0.489. The van der Waals surface area contributed by atoms with Gasteiger partial charge in [0.05, 0.1) is 26.2 Å². The van der Waals surface area contributed by atoms with Gasteiger partial charge >= 0.3 is 15.4 Å². The van der Waals surface area contributed by atoms with Gasteiger partial charge in [-0.25, -0.2) is 4.57 Å². The van der Waals surface area contributed by atoms with Crippen molar-refractivity contribution < 1.29 is 37.2 Å². The van der Waals surface area contributed by atoms with E-state index in [0.29, 0.717) is 6.42 Å². The molecule has 0 aromatic heterocycles. The van der Waals surface area contributed by atoms with Gasteiger partial charge in [-0.1, -0.05) is 6.42 Å². The first kappa shape index (κ1) is 21.7. The lowest BCUT2D eigenvalue weighted by atomic mass is 9.83. The van der Waals surface area contributed by atoms with E-state index in [2.05, 4.69) is 17.2 Å². The van der Waals surface area contributed by atoms with Crippen molar-refractivity contribution in [3.8, 4) is 0 Å². The number of ether oxygens (including phenoxy) is 1. The molecule has 1 aliphatic rings. The van der Waals surface area contributed by atoms with Crippen LogP contribution in [0, 0.1) is 5.92 Å². The normalized spacial score (nSPS) is 34.7. The quantitative estimate of drug-likeness (QED) is 0.238. The lowest BCUT2D eigenvalue weighted by Gasteiger charge is -2.27. The fourth-order valence-electron chi connectivity index (χ4n) is 2.66. The van der Waals surface area contributed by atoms with Gasteiger partial charge < -0.3 is 19.0 Å². The van der Waals surface area contributed by atoms with Gasteiger partial charge in [0.15, 0.2) is 0 Å². The van der Waals surface area contributed by atoms with E-state index in [1.165, 1.54) is 14.0 Å². The molecule has 1 rings (SSSR count).